The molecule has 13 heteroatoms. The Labute approximate surface area is 224 Å². The Morgan fingerprint density at radius 2 is 1.82 bits per heavy atom. The fourth-order valence-electron chi connectivity index (χ4n) is 3.92. The first-order valence-electron chi connectivity index (χ1n) is 11.8. The van der Waals surface area contributed by atoms with Crippen LogP contribution in [-0.4, -0.2) is 45.0 Å². The lowest BCUT2D eigenvalue weighted by atomic mass is 10.2. The van der Waals surface area contributed by atoms with E-state index < -0.39 is 6.36 Å². The third-order valence-corrected chi connectivity index (χ3v) is 6.74. The Balaban J connectivity index is 1.21. The largest absolute Gasteiger partial charge is 0.573 e. The molecule has 2 heterocycles. The number of thiazole rings is 1. The number of phenols is 1. The number of aromatic hydroxyl groups is 1. The number of carbonyl (C=O) groups excluding carboxylic acids is 1. The standard InChI is InChI=1S/C26H23F3N6O3S/c1-35-21-9-4-16(23(37)31-11-10-30-14-15-2-5-17(36)6-3-15)12-20(21)32-24(35)34-25-33-19-8-7-18(13-22(19)39-25)38-26(27,28)29/h2-9,12-13,30,36H,10-11,14H2,1H3,(H,31,37)(H,32,33,34). The first kappa shape index (κ1) is 26.3. The van der Waals surface area contributed by atoms with Crippen molar-refractivity contribution in [2.75, 3.05) is 18.4 Å². The van der Waals surface area contributed by atoms with Gasteiger partial charge in [-0.2, -0.15) is 0 Å². The van der Waals surface area contributed by atoms with E-state index in [0.29, 0.717) is 52.0 Å². The molecule has 0 aliphatic carbocycles. The van der Waals surface area contributed by atoms with Gasteiger partial charge in [-0.3, -0.25) is 4.79 Å². The number of hydrogen-bond acceptors (Lipinski definition) is 8. The second kappa shape index (κ2) is 10.8. The van der Waals surface area contributed by atoms with Crippen LogP contribution in [0.5, 0.6) is 11.5 Å². The molecule has 0 saturated heterocycles. The summed E-state index contributed by atoms with van der Waals surface area (Å²) in [7, 11) is 1.81. The van der Waals surface area contributed by atoms with Crippen LogP contribution in [0.1, 0.15) is 15.9 Å². The van der Waals surface area contributed by atoms with Crippen molar-refractivity contribution in [2.24, 2.45) is 7.05 Å². The molecular weight excluding hydrogens is 533 g/mol. The number of nitrogens with one attached hydrogen (secondary N) is 3. The number of ether oxygens (including phenoxy) is 1. The number of aryl methyl sites for hydroxylation is 1. The number of benzene rings is 3. The Kier molecular flexibility index (Phi) is 7.26. The monoisotopic (exact) mass is 556 g/mol. The van der Waals surface area contributed by atoms with Crippen LogP contribution < -0.4 is 20.7 Å². The second-order valence-corrected chi connectivity index (χ2v) is 9.65. The van der Waals surface area contributed by atoms with Gasteiger partial charge in [0.2, 0.25) is 5.95 Å². The predicted octanol–water partition coefficient (Wildman–Crippen LogP) is 5.05. The summed E-state index contributed by atoms with van der Waals surface area (Å²) in [5, 5.41) is 19.0. The molecule has 0 bridgehead atoms. The van der Waals surface area contributed by atoms with E-state index in [1.54, 1.807) is 41.9 Å². The maximum Gasteiger partial charge on any atom is 0.573 e. The van der Waals surface area contributed by atoms with E-state index in [1.165, 1.54) is 29.5 Å². The number of nitrogens with zero attached hydrogens (tertiary/aromatic N) is 3. The predicted molar refractivity (Wildman–Crippen MR) is 142 cm³/mol. The number of anilines is 2. The van der Waals surface area contributed by atoms with Gasteiger partial charge in [0.15, 0.2) is 5.13 Å². The molecule has 0 radical (unpaired) electrons. The zero-order valence-corrected chi connectivity index (χ0v) is 21.4. The van der Waals surface area contributed by atoms with Gasteiger partial charge in [-0.25, -0.2) is 9.97 Å². The number of fused-ring (bicyclic) bond motifs is 2. The highest BCUT2D eigenvalue weighted by Gasteiger charge is 2.31. The Morgan fingerprint density at radius 1 is 1.03 bits per heavy atom. The van der Waals surface area contributed by atoms with Crippen LogP contribution in [0, 0.1) is 0 Å². The molecule has 39 heavy (non-hydrogen) atoms. The number of phenolic OH excluding ortho intramolecular Hbond substituents is 1. The van der Waals surface area contributed by atoms with Crippen molar-refractivity contribution >= 4 is 49.6 Å². The molecule has 5 rings (SSSR count). The van der Waals surface area contributed by atoms with Gasteiger partial charge in [-0.15, -0.1) is 13.2 Å². The summed E-state index contributed by atoms with van der Waals surface area (Å²) in [6.07, 6.45) is -4.77. The molecule has 1 amide bonds. The Morgan fingerprint density at radius 3 is 2.59 bits per heavy atom. The number of amides is 1. The van der Waals surface area contributed by atoms with Crippen molar-refractivity contribution in [1.82, 2.24) is 25.2 Å². The highest BCUT2D eigenvalue weighted by Crippen LogP contribution is 2.33. The first-order chi connectivity index (χ1) is 18.6. The van der Waals surface area contributed by atoms with Gasteiger partial charge in [0.1, 0.15) is 11.5 Å². The lowest BCUT2D eigenvalue weighted by Crippen LogP contribution is -2.31. The van der Waals surface area contributed by atoms with Crippen LogP contribution >= 0.6 is 11.3 Å². The van der Waals surface area contributed by atoms with Crippen molar-refractivity contribution in [3.05, 3.63) is 71.8 Å². The molecule has 3 aromatic carbocycles. The van der Waals surface area contributed by atoms with E-state index in [4.69, 9.17) is 0 Å². The van der Waals surface area contributed by atoms with Crippen molar-refractivity contribution in [3.63, 3.8) is 0 Å². The molecule has 202 valence electrons. The molecule has 0 aliphatic heterocycles. The van der Waals surface area contributed by atoms with Crippen LogP contribution in [0.25, 0.3) is 21.3 Å². The van der Waals surface area contributed by atoms with Gasteiger partial charge in [-0.05, 0) is 48.0 Å². The lowest BCUT2D eigenvalue weighted by Gasteiger charge is -2.07. The molecule has 0 atom stereocenters. The molecule has 5 aromatic rings. The van der Waals surface area contributed by atoms with E-state index in [-0.39, 0.29) is 17.4 Å². The third kappa shape index (κ3) is 6.38. The fourth-order valence-corrected chi connectivity index (χ4v) is 4.80. The summed E-state index contributed by atoms with van der Waals surface area (Å²) < 4.78 is 43.9. The van der Waals surface area contributed by atoms with E-state index in [2.05, 4.69) is 30.7 Å². The SMILES string of the molecule is Cn1c(Nc2nc3ccc(OC(F)(F)F)cc3s2)nc2cc(C(=O)NCCNCc3ccc(O)cc3)ccc21. The van der Waals surface area contributed by atoms with Gasteiger partial charge in [0.25, 0.3) is 5.91 Å². The van der Waals surface area contributed by atoms with Crippen LogP contribution in [0.2, 0.25) is 0 Å². The van der Waals surface area contributed by atoms with Crippen molar-refractivity contribution in [3.8, 4) is 11.5 Å². The molecule has 0 unspecified atom stereocenters. The summed E-state index contributed by atoms with van der Waals surface area (Å²) in [5.74, 6) is 0.137. The topological polar surface area (TPSA) is 113 Å². The summed E-state index contributed by atoms with van der Waals surface area (Å²) in [6.45, 7) is 1.61. The molecule has 2 aromatic heterocycles. The minimum atomic E-state index is -4.77. The highest BCUT2D eigenvalue weighted by molar-refractivity contribution is 7.22. The molecule has 0 fully saturated rings. The smallest absolute Gasteiger partial charge is 0.508 e. The number of halogens is 3. The van der Waals surface area contributed by atoms with Crippen molar-refractivity contribution in [2.45, 2.75) is 12.9 Å². The summed E-state index contributed by atoms with van der Waals surface area (Å²) in [5.41, 5.74) is 3.39. The van der Waals surface area contributed by atoms with E-state index >= 15 is 0 Å². The van der Waals surface area contributed by atoms with Crippen molar-refractivity contribution < 1.29 is 27.8 Å². The van der Waals surface area contributed by atoms with Crippen LogP contribution in [-0.2, 0) is 13.6 Å². The molecule has 0 spiro atoms. The molecule has 0 aliphatic rings. The zero-order valence-electron chi connectivity index (χ0n) is 20.5. The van der Waals surface area contributed by atoms with Crippen LogP contribution in [0.3, 0.4) is 0 Å². The van der Waals surface area contributed by atoms with Crippen LogP contribution in [0.4, 0.5) is 24.3 Å². The van der Waals surface area contributed by atoms with E-state index in [1.807, 2.05) is 12.1 Å². The normalized spacial score (nSPS) is 11.7. The first-order valence-corrected chi connectivity index (χ1v) is 12.6. The van der Waals surface area contributed by atoms with Gasteiger partial charge in [0, 0.05) is 38.3 Å². The zero-order chi connectivity index (χ0) is 27.6. The van der Waals surface area contributed by atoms with E-state index in [9.17, 15) is 23.1 Å². The Hall–Kier alpha value is -4.36. The molecular formula is C26H23F3N6O3S. The molecule has 9 nitrogen and oxygen atoms in total. The number of hydrogen-bond donors (Lipinski definition) is 4. The van der Waals surface area contributed by atoms with Gasteiger partial charge < -0.3 is 30.4 Å². The maximum atomic E-state index is 12.6. The lowest BCUT2D eigenvalue weighted by molar-refractivity contribution is -0.274. The second-order valence-electron chi connectivity index (χ2n) is 8.62. The maximum absolute atomic E-state index is 12.6. The quantitative estimate of drug-likeness (QED) is 0.188. The van der Waals surface area contributed by atoms with Crippen LogP contribution in [0.15, 0.2) is 60.7 Å². The fraction of sp³-hybridized carbons (Fsp3) is 0.192. The number of carbonyl (C=O) groups is 1. The average molecular weight is 557 g/mol. The van der Waals surface area contributed by atoms with Gasteiger partial charge in [-0.1, -0.05) is 23.5 Å². The summed E-state index contributed by atoms with van der Waals surface area (Å²) >= 11 is 1.17. The molecule has 4 N–H and O–H groups in total. The highest BCUT2D eigenvalue weighted by atomic mass is 32.1. The minimum absolute atomic E-state index is 0.215. The summed E-state index contributed by atoms with van der Waals surface area (Å²) in [4.78, 5) is 21.6. The Bertz CT molecular complexity index is 1630. The van der Waals surface area contributed by atoms with Gasteiger partial charge in [0.05, 0.1) is 21.3 Å². The average Bonchev–Trinajstić information content (AvgIpc) is 3.43. The third-order valence-electron chi connectivity index (χ3n) is 5.81. The van der Waals surface area contributed by atoms with Gasteiger partial charge >= 0.3 is 6.36 Å². The molecule has 0 saturated carbocycles. The van der Waals surface area contributed by atoms with Crippen molar-refractivity contribution in [1.29, 1.82) is 0 Å². The summed E-state index contributed by atoms with van der Waals surface area (Å²) in [6, 6.07) is 16.1. The number of alkyl halides is 3. The number of aromatic nitrogens is 3. The number of imidazole rings is 1. The van der Waals surface area contributed by atoms with E-state index in [0.717, 1.165) is 11.1 Å². The minimum Gasteiger partial charge on any atom is -0.508 e. The number of rotatable bonds is 9.